The Morgan fingerprint density at radius 1 is 1.13 bits per heavy atom. The molecule has 0 bridgehead atoms. The minimum absolute atomic E-state index is 0.0582. The lowest BCUT2D eigenvalue weighted by molar-refractivity contribution is -0.355. The summed E-state index contributed by atoms with van der Waals surface area (Å²) in [4.78, 5) is 8.24. The lowest BCUT2D eigenvalue weighted by Crippen LogP contribution is -2.45. The summed E-state index contributed by atoms with van der Waals surface area (Å²) in [5, 5.41) is 12.8. The fourth-order valence-electron chi connectivity index (χ4n) is 2.37. The van der Waals surface area contributed by atoms with E-state index in [4.69, 9.17) is 0 Å². The molecule has 0 fully saturated rings. The van der Waals surface area contributed by atoms with Crippen LogP contribution in [-0.2, 0) is 4.84 Å². The summed E-state index contributed by atoms with van der Waals surface area (Å²) in [5.41, 5.74) is 3.43. The largest absolute Gasteiger partial charge is 0.458 e. The molecule has 1 aliphatic rings. The van der Waals surface area contributed by atoms with Crippen LogP contribution < -0.4 is 0 Å². The van der Waals surface area contributed by atoms with Gasteiger partial charge in [-0.15, -0.1) is 0 Å². The number of halogens is 3. The summed E-state index contributed by atoms with van der Waals surface area (Å²) in [7, 11) is 0. The maximum Gasteiger partial charge on any atom is 0.458 e. The van der Waals surface area contributed by atoms with Crippen molar-refractivity contribution in [2.24, 2.45) is 5.16 Å². The number of benzene rings is 1. The molecule has 1 aromatic carbocycles. The second-order valence-corrected chi connectivity index (χ2v) is 5.36. The van der Waals surface area contributed by atoms with Crippen molar-refractivity contribution in [3.05, 3.63) is 53.9 Å². The number of aliphatic hydroxyl groups is 1. The van der Waals surface area contributed by atoms with E-state index in [0.29, 0.717) is 5.56 Å². The Morgan fingerprint density at radius 2 is 1.78 bits per heavy atom. The van der Waals surface area contributed by atoms with E-state index in [1.807, 2.05) is 13.0 Å². The van der Waals surface area contributed by atoms with Crippen LogP contribution in [0.4, 0.5) is 13.2 Å². The van der Waals surface area contributed by atoms with E-state index in [0.717, 1.165) is 16.7 Å². The zero-order valence-electron chi connectivity index (χ0n) is 12.1. The third-order valence-corrected chi connectivity index (χ3v) is 3.71. The Hall–Kier alpha value is -2.41. The van der Waals surface area contributed by atoms with Crippen molar-refractivity contribution in [1.29, 1.82) is 0 Å². The lowest BCUT2D eigenvalue weighted by atomic mass is 9.98. The molecule has 1 N–H and O–H groups in total. The molecule has 0 spiro atoms. The molecule has 1 aliphatic heterocycles. The zero-order valence-corrected chi connectivity index (χ0v) is 12.1. The number of aromatic nitrogens is 1. The van der Waals surface area contributed by atoms with Crippen molar-refractivity contribution in [1.82, 2.24) is 4.98 Å². The number of aryl methyl sites for hydroxylation is 1. The van der Waals surface area contributed by atoms with Gasteiger partial charge in [-0.3, -0.25) is 4.98 Å². The van der Waals surface area contributed by atoms with Crippen LogP contribution in [-0.4, -0.2) is 27.8 Å². The van der Waals surface area contributed by atoms with Crippen LogP contribution in [0.15, 0.2) is 47.9 Å². The van der Waals surface area contributed by atoms with Crippen molar-refractivity contribution in [3.8, 4) is 11.1 Å². The Balaban J connectivity index is 1.83. The van der Waals surface area contributed by atoms with E-state index in [9.17, 15) is 18.3 Å². The third kappa shape index (κ3) is 2.79. The Bertz CT molecular complexity index is 757. The van der Waals surface area contributed by atoms with Gasteiger partial charge in [0.05, 0.1) is 12.1 Å². The Labute approximate surface area is 130 Å². The van der Waals surface area contributed by atoms with Gasteiger partial charge in [-0.25, -0.2) is 0 Å². The number of oxime groups is 1. The normalized spacial score (nSPS) is 21.0. The van der Waals surface area contributed by atoms with E-state index in [-0.39, 0.29) is 5.71 Å². The van der Waals surface area contributed by atoms with Crippen molar-refractivity contribution < 1.29 is 23.1 Å². The number of alkyl halides is 3. The van der Waals surface area contributed by atoms with E-state index >= 15 is 0 Å². The quantitative estimate of drug-likeness (QED) is 0.921. The van der Waals surface area contributed by atoms with E-state index < -0.39 is 18.4 Å². The van der Waals surface area contributed by atoms with Gasteiger partial charge in [-0.1, -0.05) is 29.4 Å². The average Bonchev–Trinajstić information content (AvgIpc) is 2.92. The van der Waals surface area contributed by atoms with E-state index in [1.165, 1.54) is 0 Å². The average molecular weight is 322 g/mol. The van der Waals surface area contributed by atoms with Gasteiger partial charge in [-0.2, -0.15) is 13.2 Å². The van der Waals surface area contributed by atoms with Crippen molar-refractivity contribution >= 4 is 5.71 Å². The fourth-order valence-corrected chi connectivity index (χ4v) is 2.37. The number of hydrogen-bond acceptors (Lipinski definition) is 4. The molecule has 0 saturated carbocycles. The van der Waals surface area contributed by atoms with Crippen molar-refractivity contribution in [3.63, 3.8) is 0 Å². The molecule has 23 heavy (non-hydrogen) atoms. The first-order valence-electron chi connectivity index (χ1n) is 6.86. The highest BCUT2D eigenvalue weighted by Gasteiger charge is 2.60. The van der Waals surface area contributed by atoms with Gasteiger partial charge in [0.15, 0.2) is 0 Å². The van der Waals surface area contributed by atoms with Crippen molar-refractivity contribution in [2.45, 2.75) is 25.3 Å². The molecule has 1 atom stereocenters. The van der Waals surface area contributed by atoms with Crippen LogP contribution >= 0.6 is 0 Å². The molecule has 120 valence electrons. The topological polar surface area (TPSA) is 54.7 Å². The Kier molecular flexibility index (Phi) is 3.60. The molecule has 7 heteroatoms. The van der Waals surface area contributed by atoms with Gasteiger partial charge in [0.2, 0.25) is 0 Å². The molecule has 0 saturated heterocycles. The second kappa shape index (κ2) is 5.34. The smallest absolute Gasteiger partial charge is 0.350 e. The van der Waals surface area contributed by atoms with Gasteiger partial charge >= 0.3 is 12.0 Å². The molecular weight excluding hydrogens is 309 g/mol. The first-order valence-corrected chi connectivity index (χ1v) is 6.86. The molecule has 0 amide bonds. The minimum atomic E-state index is -4.90. The fraction of sp³-hybridized carbons (Fsp3) is 0.250. The molecule has 2 heterocycles. The van der Waals surface area contributed by atoms with Crippen LogP contribution in [0.25, 0.3) is 11.1 Å². The summed E-state index contributed by atoms with van der Waals surface area (Å²) in [6, 6.07) is 8.73. The van der Waals surface area contributed by atoms with E-state index in [1.54, 1.807) is 36.7 Å². The van der Waals surface area contributed by atoms with Crippen LogP contribution in [0.2, 0.25) is 0 Å². The first-order chi connectivity index (χ1) is 10.8. The number of pyridine rings is 1. The SMILES string of the molecule is Cc1cnccc1-c1ccc(C2=NOC(O)(C(F)(F)F)C2)cc1. The highest BCUT2D eigenvalue weighted by atomic mass is 19.4. The van der Waals surface area contributed by atoms with E-state index in [2.05, 4.69) is 15.0 Å². The van der Waals surface area contributed by atoms with Crippen molar-refractivity contribution in [2.75, 3.05) is 0 Å². The highest BCUT2D eigenvalue weighted by Crippen LogP contribution is 2.39. The van der Waals surface area contributed by atoms with Crippen LogP contribution in [0.5, 0.6) is 0 Å². The predicted octanol–water partition coefficient (Wildman–Crippen LogP) is 3.43. The monoisotopic (exact) mass is 322 g/mol. The second-order valence-electron chi connectivity index (χ2n) is 5.36. The summed E-state index contributed by atoms with van der Waals surface area (Å²) < 4.78 is 38.1. The van der Waals surface area contributed by atoms with Gasteiger partial charge in [0.1, 0.15) is 0 Å². The molecule has 2 aromatic rings. The Morgan fingerprint density at radius 3 is 2.35 bits per heavy atom. The number of nitrogens with zero attached hydrogens (tertiary/aromatic N) is 2. The summed E-state index contributed by atoms with van der Waals surface area (Å²) >= 11 is 0. The highest BCUT2D eigenvalue weighted by molar-refractivity contribution is 6.01. The zero-order chi connectivity index (χ0) is 16.7. The number of hydrogen-bond donors (Lipinski definition) is 1. The van der Waals surface area contributed by atoms with Gasteiger partial charge in [0.25, 0.3) is 0 Å². The molecule has 0 radical (unpaired) electrons. The van der Waals surface area contributed by atoms with Gasteiger partial charge in [-0.05, 0) is 35.2 Å². The van der Waals surface area contributed by atoms with Gasteiger partial charge in [0, 0.05) is 12.4 Å². The van der Waals surface area contributed by atoms with Crippen LogP contribution in [0, 0.1) is 6.92 Å². The first kappa shape index (κ1) is 15.5. The molecule has 0 aliphatic carbocycles. The standard InChI is InChI=1S/C16H13F3N2O2/c1-10-9-20-7-6-13(10)11-2-4-12(5-3-11)14-8-15(22,23-21-14)16(17,18)19/h2-7,9,22H,8H2,1H3. The molecule has 3 rings (SSSR count). The van der Waals surface area contributed by atoms with Crippen LogP contribution in [0.1, 0.15) is 17.5 Å². The maximum absolute atomic E-state index is 12.7. The summed E-state index contributed by atoms with van der Waals surface area (Å²) in [5.74, 6) is -3.25. The summed E-state index contributed by atoms with van der Waals surface area (Å²) in [6.45, 7) is 1.93. The predicted molar refractivity (Wildman–Crippen MR) is 77.7 cm³/mol. The molecule has 4 nitrogen and oxygen atoms in total. The number of rotatable bonds is 2. The lowest BCUT2D eigenvalue weighted by Gasteiger charge is -2.22. The molecule has 1 aromatic heterocycles. The molecule has 1 unspecified atom stereocenters. The maximum atomic E-state index is 12.7. The summed E-state index contributed by atoms with van der Waals surface area (Å²) in [6.07, 6.45) is -2.22. The molecular formula is C16H13F3N2O2. The minimum Gasteiger partial charge on any atom is -0.350 e. The third-order valence-electron chi connectivity index (χ3n) is 3.71. The van der Waals surface area contributed by atoms with Gasteiger partial charge < -0.3 is 9.94 Å². The van der Waals surface area contributed by atoms with Crippen LogP contribution in [0.3, 0.4) is 0 Å².